The number of likely N-dealkylation sites (N-methyl/N-ethyl adjacent to an activating group) is 1. The van der Waals surface area contributed by atoms with Gasteiger partial charge in [0.25, 0.3) is 0 Å². The van der Waals surface area contributed by atoms with Crippen molar-refractivity contribution in [1.82, 2.24) is 19.2 Å². The molecule has 29 heavy (non-hydrogen) atoms. The molecule has 0 amide bonds. The third-order valence-corrected chi connectivity index (χ3v) is 5.98. The summed E-state index contributed by atoms with van der Waals surface area (Å²) in [6.45, 7) is 6.28. The molecule has 0 bridgehead atoms. The molecule has 4 heteroatoms. The summed E-state index contributed by atoms with van der Waals surface area (Å²) in [4.78, 5) is 9.93. The van der Waals surface area contributed by atoms with Crippen LogP contribution in [0.15, 0.2) is 60.8 Å². The van der Waals surface area contributed by atoms with E-state index in [0.29, 0.717) is 0 Å². The van der Waals surface area contributed by atoms with Gasteiger partial charge in [-0.25, -0.2) is 4.98 Å². The van der Waals surface area contributed by atoms with E-state index in [4.69, 9.17) is 4.98 Å². The highest BCUT2D eigenvalue weighted by Crippen LogP contribution is 2.29. The molecule has 0 saturated carbocycles. The quantitative estimate of drug-likeness (QED) is 0.649. The van der Waals surface area contributed by atoms with E-state index in [2.05, 4.69) is 89.0 Å². The minimum atomic E-state index is 0.910. The van der Waals surface area contributed by atoms with Gasteiger partial charge in [-0.3, -0.25) is 9.80 Å². The Morgan fingerprint density at radius 3 is 2.52 bits per heavy atom. The van der Waals surface area contributed by atoms with Gasteiger partial charge in [-0.15, -0.1) is 0 Å². The predicted octanol–water partition coefficient (Wildman–Crippen LogP) is 4.75. The number of pyridine rings is 1. The van der Waals surface area contributed by atoms with Crippen LogP contribution >= 0.6 is 0 Å². The first-order chi connectivity index (χ1) is 14.2. The van der Waals surface area contributed by atoms with Crippen LogP contribution in [-0.4, -0.2) is 46.0 Å². The fraction of sp³-hybridized carbons (Fsp3) is 0.320. The molecular formula is C25H28N4. The Morgan fingerprint density at radius 1 is 0.966 bits per heavy atom. The maximum absolute atomic E-state index is 5.05. The summed E-state index contributed by atoms with van der Waals surface area (Å²) in [6, 6.07) is 13.1. The molecule has 1 saturated heterocycles. The Kier molecular flexibility index (Phi) is 4.82. The van der Waals surface area contributed by atoms with Gasteiger partial charge in [0, 0.05) is 31.4 Å². The molecule has 3 heterocycles. The largest absolute Gasteiger partial charge is 0.301 e. The number of hydrogen-bond donors (Lipinski definition) is 0. The molecule has 5 rings (SSSR count). The van der Waals surface area contributed by atoms with E-state index in [1.807, 2.05) is 0 Å². The van der Waals surface area contributed by atoms with Gasteiger partial charge in [0.05, 0.1) is 18.1 Å². The maximum atomic E-state index is 5.05. The number of allylic oxidation sites excluding steroid dienone is 4. The van der Waals surface area contributed by atoms with Gasteiger partial charge >= 0.3 is 0 Å². The molecule has 2 aromatic heterocycles. The second kappa shape index (κ2) is 7.62. The standard InChI is InChI=1S/C25H28N4/c1-19-8-10-21(11-9-19)25-23(17-28-15-14-27(2)18-28)29-16-22(12-13-24(29)26-25)20-6-4-3-5-7-20/h4,6-13,16H,3,5,14-15,17-18H2,1-2H3. The van der Waals surface area contributed by atoms with E-state index in [-0.39, 0.29) is 0 Å². The predicted molar refractivity (Wildman–Crippen MR) is 120 cm³/mol. The molecule has 0 radical (unpaired) electrons. The van der Waals surface area contributed by atoms with Crippen molar-refractivity contribution in [2.75, 3.05) is 26.8 Å². The molecule has 1 aromatic carbocycles. The first-order valence-electron chi connectivity index (χ1n) is 10.5. The summed E-state index contributed by atoms with van der Waals surface area (Å²) in [5.74, 6) is 0. The first-order valence-corrected chi connectivity index (χ1v) is 10.5. The van der Waals surface area contributed by atoms with Gasteiger partial charge in [-0.2, -0.15) is 0 Å². The minimum absolute atomic E-state index is 0.910. The number of imidazole rings is 1. The van der Waals surface area contributed by atoms with Crippen LogP contribution < -0.4 is 0 Å². The second-order valence-electron chi connectivity index (χ2n) is 8.33. The third-order valence-electron chi connectivity index (χ3n) is 5.98. The molecule has 1 fully saturated rings. The second-order valence-corrected chi connectivity index (χ2v) is 8.33. The number of fused-ring (bicyclic) bond motifs is 1. The van der Waals surface area contributed by atoms with E-state index >= 15 is 0 Å². The normalized spacial score (nSPS) is 17.9. The van der Waals surface area contributed by atoms with Crippen LogP contribution in [0.4, 0.5) is 0 Å². The van der Waals surface area contributed by atoms with E-state index in [1.165, 1.54) is 28.0 Å². The van der Waals surface area contributed by atoms with Crippen LogP contribution in [-0.2, 0) is 6.54 Å². The van der Waals surface area contributed by atoms with E-state index < -0.39 is 0 Å². The summed E-state index contributed by atoms with van der Waals surface area (Å²) in [7, 11) is 2.19. The number of aryl methyl sites for hydroxylation is 1. The smallest absolute Gasteiger partial charge is 0.137 e. The molecule has 0 spiro atoms. The number of rotatable bonds is 4. The van der Waals surface area contributed by atoms with Gasteiger partial charge in [0.2, 0.25) is 0 Å². The fourth-order valence-electron chi connectivity index (χ4n) is 4.32. The number of hydrogen-bond acceptors (Lipinski definition) is 3. The highest BCUT2D eigenvalue weighted by Gasteiger charge is 2.22. The molecule has 0 N–H and O–H groups in total. The monoisotopic (exact) mass is 384 g/mol. The minimum Gasteiger partial charge on any atom is -0.301 e. The van der Waals surface area contributed by atoms with E-state index in [9.17, 15) is 0 Å². The Morgan fingerprint density at radius 2 is 1.79 bits per heavy atom. The third kappa shape index (κ3) is 3.66. The van der Waals surface area contributed by atoms with Crippen LogP contribution in [0.2, 0.25) is 0 Å². The van der Waals surface area contributed by atoms with Crippen LogP contribution in [0.1, 0.15) is 29.7 Å². The molecule has 3 aromatic rings. The van der Waals surface area contributed by atoms with Crippen molar-refractivity contribution >= 4 is 11.2 Å². The SMILES string of the molecule is Cc1ccc(-c2nc3ccc(C4=CCCC=C4)cn3c2CN2CCN(C)C2)cc1. The summed E-state index contributed by atoms with van der Waals surface area (Å²) < 4.78 is 2.31. The van der Waals surface area contributed by atoms with Crippen LogP contribution in [0.3, 0.4) is 0 Å². The van der Waals surface area contributed by atoms with Crippen molar-refractivity contribution in [2.45, 2.75) is 26.3 Å². The molecule has 1 aliphatic heterocycles. The number of aromatic nitrogens is 2. The van der Waals surface area contributed by atoms with Crippen LogP contribution in [0, 0.1) is 6.92 Å². The Labute approximate surface area is 172 Å². The highest BCUT2D eigenvalue weighted by molar-refractivity contribution is 5.76. The molecule has 4 nitrogen and oxygen atoms in total. The van der Waals surface area contributed by atoms with Crippen molar-refractivity contribution in [2.24, 2.45) is 0 Å². The van der Waals surface area contributed by atoms with Gasteiger partial charge < -0.3 is 4.40 Å². The van der Waals surface area contributed by atoms with Crippen LogP contribution in [0.25, 0.3) is 22.5 Å². The molecule has 148 valence electrons. The topological polar surface area (TPSA) is 23.8 Å². The fourth-order valence-corrected chi connectivity index (χ4v) is 4.32. The zero-order chi connectivity index (χ0) is 19.8. The molecule has 0 unspecified atom stereocenters. The van der Waals surface area contributed by atoms with Crippen molar-refractivity contribution in [1.29, 1.82) is 0 Å². The molecule has 0 atom stereocenters. The molecule has 2 aliphatic rings. The number of nitrogens with zero attached hydrogens (tertiary/aromatic N) is 4. The zero-order valence-electron chi connectivity index (χ0n) is 17.3. The number of benzene rings is 1. The lowest BCUT2D eigenvalue weighted by atomic mass is 10.0. The summed E-state index contributed by atoms with van der Waals surface area (Å²) >= 11 is 0. The van der Waals surface area contributed by atoms with Gasteiger partial charge in [0.15, 0.2) is 0 Å². The van der Waals surface area contributed by atoms with E-state index in [0.717, 1.165) is 50.5 Å². The van der Waals surface area contributed by atoms with Crippen LogP contribution in [0.5, 0.6) is 0 Å². The molecule has 1 aliphatic carbocycles. The summed E-state index contributed by atoms with van der Waals surface area (Å²) in [5, 5.41) is 0. The molecular weight excluding hydrogens is 356 g/mol. The summed E-state index contributed by atoms with van der Waals surface area (Å²) in [5.41, 5.74) is 8.45. The van der Waals surface area contributed by atoms with Crippen molar-refractivity contribution in [3.05, 3.63) is 77.6 Å². The lowest BCUT2D eigenvalue weighted by molar-refractivity contribution is 0.265. The van der Waals surface area contributed by atoms with Gasteiger partial charge in [-0.05, 0) is 50.1 Å². The lowest BCUT2D eigenvalue weighted by Gasteiger charge is -2.17. The maximum Gasteiger partial charge on any atom is 0.137 e. The summed E-state index contributed by atoms with van der Waals surface area (Å²) in [6.07, 6.45) is 11.4. The first kappa shape index (κ1) is 18.3. The van der Waals surface area contributed by atoms with E-state index in [1.54, 1.807) is 0 Å². The average Bonchev–Trinajstić information content (AvgIpc) is 3.32. The van der Waals surface area contributed by atoms with Crippen molar-refractivity contribution < 1.29 is 0 Å². The van der Waals surface area contributed by atoms with Crippen molar-refractivity contribution in [3.8, 4) is 11.3 Å². The van der Waals surface area contributed by atoms with Crippen molar-refractivity contribution in [3.63, 3.8) is 0 Å². The Balaban J connectivity index is 1.62. The zero-order valence-corrected chi connectivity index (χ0v) is 17.3. The van der Waals surface area contributed by atoms with Gasteiger partial charge in [0.1, 0.15) is 5.65 Å². The highest BCUT2D eigenvalue weighted by atomic mass is 15.4. The Hall–Kier alpha value is -2.69. The van der Waals surface area contributed by atoms with Gasteiger partial charge in [-0.1, -0.05) is 48.1 Å². The Bertz CT molecular complexity index is 1090. The average molecular weight is 385 g/mol. The lowest BCUT2D eigenvalue weighted by Crippen LogP contribution is -2.23.